The van der Waals surface area contributed by atoms with Gasteiger partial charge in [0.05, 0.1) is 16.1 Å². The third-order valence-corrected chi connectivity index (χ3v) is 5.16. The fraction of sp³-hybridized carbons (Fsp3) is 0.222. The van der Waals surface area contributed by atoms with Crippen LogP contribution in [0.2, 0.25) is 0 Å². The summed E-state index contributed by atoms with van der Waals surface area (Å²) in [4.78, 5) is 23.3. The fourth-order valence-corrected chi connectivity index (χ4v) is 3.63. The van der Waals surface area contributed by atoms with Crippen LogP contribution in [0.4, 0.5) is 23.2 Å². The monoisotopic (exact) mass is 448 g/mol. The number of halogens is 4. The van der Waals surface area contributed by atoms with Gasteiger partial charge in [0.2, 0.25) is 0 Å². The molecule has 30 heavy (non-hydrogen) atoms. The fourth-order valence-electron chi connectivity index (χ4n) is 2.32. The van der Waals surface area contributed by atoms with E-state index in [4.69, 9.17) is 0 Å². The van der Waals surface area contributed by atoms with E-state index in [1.807, 2.05) is 0 Å². The highest BCUT2D eigenvalue weighted by Crippen LogP contribution is 2.23. The van der Waals surface area contributed by atoms with Crippen molar-refractivity contribution in [1.82, 2.24) is 5.32 Å². The van der Waals surface area contributed by atoms with Gasteiger partial charge in [0.15, 0.2) is 6.61 Å². The van der Waals surface area contributed by atoms with E-state index in [-0.39, 0.29) is 21.7 Å². The zero-order valence-electron chi connectivity index (χ0n) is 15.4. The second kappa shape index (κ2) is 9.11. The minimum Gasteiger partial charge on any atom is -0.452 e. The molecule has 0 spiro atoms. The van der Waals surface area contributed by atoms with Crippen molar-refractivity contribution in [3.63, 3.8) is 0 Å². The second-order valence-corrected chi connectivity index (χ2v) is 7.68. The normalized spacial score (nSPS) is 11.6. The van der Waals surface area contributed by atoms with E-state index in [9.17, 15) is 35.6 Å². The maximum Gasteiger partial charge on any atom is 0.405 e. The number of rotatable bonds is 7. The lowest BCUT2D eigenvalue weighted by atomic mass is 10.2. The average molecular weight is 448 g/mol. The Kier molecular flexibility index (Phi) is 7.03. The number of carbonyl (C=O) groups is 2. The molecule has 0 saturated heterocycles. The molecule has 0 bridgehead atoms. The first-order chi connectivity index (χ1) is 13.9. The Bertz CT molecular complexity index is 1050. The maximum absolute atomic E-state index is 13.2. The van der Waals surface area contributed by atoms with E-state index < -0.39 is 47.0 Å². The van der Waals surface area contributed by atoms with Crippen molar-refractivity contribution >= 4 is 27.6 Å². The number of ether oxygens (including phenoxy) is 1. The number of carbonyl (C=O) groups excluding carboxylic acids is 2. The number of hydrogen-bond acceptors (Lipinski definition) is 5. The first-order valence-electron chi connectivity index (χ1n) is 8.27. The first-order valence-corrected chi connectivity index (χ1v) is 9.76. The number of nitrogens with one attached hydrogen (secondary N) is 2. The van der Waals surface area contributed by atoms with Gasteiger partial charge in [0, 0.05) is 0 Å². The van der Waals surface area contributed by atoms with Gasteiger partial charge >= 0.3 is 12.1 Å². The molecule has 0 radical (unpaired) electrons. The number of hydrogen-bond donors (Lipinski definition) is 2. The molecule has 0 saturated carbocycles. The Balaban J connectivity index is 2.13. The Morgan fingerprint density at radius 1 is 1.10 bits per heavy atom. The minimum atomic E-state index is -4.62. The second-order valence-electron chi connectivity index (χ2n) is 6.03. The van der Waals surface area contributed by atoms with Crippen LogP contribution in [0.25, 0.3) is 0 Å². The summed E-state index contributed by atoms with van der Waals surface area (Å²) in [5.41, 5.74) is -0.338. The van der Waals surface area contributed by atoms with Crippen molar-refractivity contribution in [2.75, 3.05) is 17.9 Å². The van der Waals surface area contributed by atoms with E-state index >= 15 is 0 Å². The van der Waals surface area contributed by atoms with Gasteiger partial charge in [0.1, 0.15) is 12.4 Å². The highest BCUT2D eigenvalue weighted by atomic mass is 32.2. The Labute approximate surface area is 169 Å². The number of sulfonamides is 1. The van der Waals surface area contributed by atoms with E-state index in [1.54, 1.807) is 0 Å². The molecule has 162 valence electrons. The van der Waals surface area contributed by atoms with Gasteiger partial charge in [0.25, 0.3) is 15.9 Å². The lowest BCUT2D eigenvalue weighted by molar-refractivity contribution is -0.140. The SMILES string of the molecule is Cc1cc(F)ccc1S(=O)(=O)Nc1ccccc1C(=O)OCC(=O)NCC(F)(F)F. The van der Waals surface area contributed by atoms with Gasteiger partial charge in [-0.3, -0.25) is 9.52 Å². The van der Waals surface area contributed by atoms with Crippen LogP contribution >= 0.6 is 0 Å². The summed E-state index contributed by atoms with van der Waals surface area (Å²) in [5, 5.41) is 1.53. The molecule has 0 unspecified atom stereocenters. The van der Waals surface area contributed by atoms with Crippen LogP contribution in [0, 0.1) is 12.7 Å². The maximum atomic E-state index is 13.2. The van der Waals surface area contributed by atoms with Gasteiger partial charge in [-0.2, -0.15) is 13.2 Å². The lowest BCUT2D eigenvalue weighted by Crippen LogP contribution is -2.36. The smallest absolute Gasteiger partial charge is 0.405 e. The van der Waals surface area contributed by atoms with Crippen molar-refractivity contribution in [3.8, 4) is 0 Å². The van der Waals surface area contributed by atoms with Crippen molar-refractivity contribution < 1.29 is 40.3 Å². The number of esters is 1. The average Bonchev–Trinajstić information content (AvgIpc) is 2.63. The molecule has 7 nitrogen and oxygen atoms in total. The van der Waals surface area contributed by atoms with Crippen molar-refractivity contribution in [1.29, 1.82) is 0 Å². The zero-order valence-corrected chi connectivity index (χ0v) is 16.2. The van der Waals surface area contributed by atoms with Gasteiger partial charge in [-0.05, 0) is 42.8 Å². The number of alkyl halides is 3. The molecule has 0 fully saturated rings. The molecular weight excluding hydrogens is 432 g/mol. The van der Waals surface area contributed by atoms with Crippen molar-refractivity contribution in [2.24, 2.45) is 0 Å². The van der Waals surface area contributed by atoms with Crippen molar-refractivity contribution in [2.45, 2.75) is 18.0 Å². The van der Waals surface area contributed by atoms with Gasteiger partial charge in [-0.25, -0.2) is 17.6 Å². The van der Waals surface area contributed by atoms with E-state index in [0.29, 0.717) is 0 Å². The Hall–Kier alpha value is -3.15. The molecule has 12 heteroatoms. The molecular formula is C18H16F4N2O5S. The highest BCUT2D eigenvalue weighted by molar-refractivity contribution is 7.92. The number of anilines is 1. The summed E-state index contributed by atoms with van der Waals surface area (Å²) in [6.45, 7) is -1.19. The number of aryl methyl sites for hydroxylation is 1. The Morgan fingerprint density at radius 2 is 1.77 bits per heavy atom. The van der Waals surface area contributed by atoms with E-state index in [1.165, 1.54) is 36.5 Å². The van der Waals surface area contributed by atoms with Crippen LogP contribution < -0.4 is 10.0 Å². The largest absolute Gasteiger partial charge is 0.452 e. The third-order valence-electron chi connectivity index (χ3n) is 3.64. The number of amides is 1. The molecule has 2 N–H and O–H groups in total. The summed E-state index contributed by atoms with van der Waals surface area (Å²) in [6, 6.07) is 8.29. The topological polar surface area (TPSA) is 102 Å². The lowest BCUT2D eigenvalue weighted by Gasteiger charge is -2.14. The molecule has 0 aliphatic rings. The molecule has 0 aliphatic heterocycles. The molecule has 2 aromatic rings. The molecule has 2 rings (SSSR count). The van der Waals surface area contributed by atoms with Crippen LogP contribution in [0.3, 0.4) is 0 Å². The summed E-state index contributed by atoms with van der Waals surface area (Å²) < 4.78 is 81.5. The van der Waals surface area contributed by atoms with Crippen LogP contribution in [0.15, 0.2) is 47.4 Å². The van der Waals surface area contributed by atoms with Crippen molar-refractivity contribution in [3.05, 3.63) is 59.4 Å². The predicted octanol–water partition coefficient (Wildman–Crippen LogP) is 2.77. The minimum absolute atomic E-state index is 0.129. The van der Waals surface area contributed by atoms with Crippen LogP contribution in [0.5, 0.6) is 0 Å². The number of para-hydroxylation sites is 1. The molecule has 0 aliphatic carbocycles. The van der Waals surface area contributed by atoms with E-state index in [0.717, 1.165) is 18.2 Å². The number of benzene rings is 2. The quantitative estimate of drug-likeness (QED) is 0.501. The first kappa shape index (κ1) is 23.1. The van der Waals surface area contributed by atoms with Crippen LogP contribution in [-0.2, 0) is 19.6 Å². The van der Waals surface area contributed by atoms with E-state index in [2.05, 4.69) is 9.46 Å². The summed E-state index contributed by atoms with van der Waals surface area (Å²) in [5.74, 6) is -2.94. The van der Waals surface area contributed by atoms with Crippen LogP contribution in [0.1, 0.15) is 15.9 Å². The molecule has 0 aromatic heterocycles. The molecule has 0 heterocycles. The zero-order chi connectivity index (χ0) is 22.5. The predicted molar refractivity (Wildman–Crippen MR) is 97.7 cm³/mol. The van der Waals surface area contributed by atoms with Crippen LogP contribution in [-0.4, -0.2) is 39.6 Å². The molecule has 2 aromatic carbocycles. The standard InChI is InChI=1S/C18H16F4N2O5S/c1-11-8-12(19)6-7-15(11)30(27,28)24-14-5-3-2-4-13(14)17(26)29-9-16(25)23-10-18(20,21)22/h2-8,24H,9-10H2,1H3,(H,23,25). The molecule has 0 atom stereocenters. The van der Waals surface area contributed by atoms with Gasteiger partial charge < -0.3 is 10.1 Å². The van der Waals surface area contributed by atoms with Gasteiger partial charge in [-0.15, -0.1) is 0 Å². The summed E-state index contributed by atoms with van der Waals surface area (Å²) in [7, 11) is -4.20. The molecule has 1 amide bonds. The summed E-state index contributed by atoms with van der Waals surface area (Å²) in [6.07, 6.45) is -4.62. The summed E-state index contributed by atoms with van der Waals surface area (Å²) >= 11 is 0. The highest BCUT2D eigenvalue weighted by Gasteiger charge is 2.28. The Morgan fingerprint density at radius 3 is 2.40 bits per heavy atom. The van der Waals surface area contributed by atoms with Gasteiger partial charge in [-0.1, -0.05) is 12.1 Å². The third kappa shape index (κ3) is 6.44.